The summed E-state index contributed by atoms with van der Waals surface area (Å²) in [7, 11) is 0. The number of hydrogen-bond acceptors (Lipinski definition) is 4. The second-order valence-corrected chi connectivity index (χ2v) is 4.37. The molecule has 1 aromatic carbocycles. The van der Waals surface area contributed by atoms with Crippen LogP contribution in [0.25, 0.3) is 11.5 Å². The van der Waals surface area contributed by atoms with E-state index in [2.05, 4.69) is 10.3 Å². The Morgan fingerprint density at radius 2 is 2.17 bits per heavy atom. The molecule has 0 aliphatic heterocycles. The molecule has 92 valence electrons. The number of nitrogens with zero attached hydrogens (tertiary/aromatic N) is 1. The fourth-order valence-electron chi connectivity index (χ4n) is 1.68. The predicted molar refractivity (Wildman–Crippen MR) is 66.8 cm³/mol. The molecule has 1 amide bonds. The van der Waals surface area contributed by atoms with Gasteiger partial charge in [0.2, 0.25) is 5.89 Å². The van der Waals surface area contributed by atoms with Crippen LogP contribution in [-0.2, 0) is 0 Å². The van der Waals surface area contributed by atoms with Gasteiger partial charge in [0.1, 0.15) is 6.26 Å². The third-order valence-corrected chi connectivity index (χ3v) is 2.84. The number of nitrogens with two attached hydrogens (primary N) is 1. The van der Waals surface area contributed by atoms with Gasteiger partial charge >= 0.3 is 0 Å². The fourth-order valence-corrected chi connectivity index (χ4v) is 1.68. The first-order chi connectivity index (χ1) is 8.74. The summed E-state index contributed by atoms with van der Waals surface area (Å²) in [5.41, 5.74) is 7.39. The monoisotopic (exact) mass is 243 g/mol. The zero-order chi connectivity index (χ0) is 12.5. The lowest BCUT2D eigenvalue weighted by atomic mass is 10.2. The van der Waals surface area contributed by atoms with Gasteiger partial charge in [-0.1, -0.05) is 12.1 Å². The van der Waals surface area contributed by atoms with Crippen molar-refractivity contribution < 1.29 is 9.21 Å². The summed E-state index contributed by atoms with van der Waals surface area (Å²) in [5.74, 6) is 0.177. The molecule has 1 heterocycles. The average molecular weight is 243 g/mol. The van der Waals surface area contributed by atoms with Gasteiger partial charge in [-0.15, -0.1) is 0 Å². The van der Waals surface area contributed by atoms with E-state index in [1.807, 2.05) is 18.2 Å². The summed E-state index contributed by atoms with van der Waals surface area (Å²) in [6.45, 7) is 0. The summed E-state index contributed by atoms with van der Waals surface area (Å²) in [6.07, 6.45) is 3.45. The molecule has 0 bridgehead atoms. The molecule has 5 nitrogen and oxygen atoms in total. The Morgan fingerprint density at radius 1 is 1.39 bits per heavy atom. The molecule has 0 unspecified atom stereocenters. The van der Waals surface area contributed by atoms with Gasteiger partial charge < -0.3 is 15.5 Å². The Bertz CT molecular complexity index is 587. The molecule has 1 aliphatic carbocycles. The van der Waals surface area contributed by atoms with Crippen molar-refractivity contribution in [3.05, 3.63) is 36.2 Å². The second kappa shape index (κ2) is 4.18. The molecule has 0 radical (unpaired) electrons. The summed E-state index contributed by atoms with van der Waals surface area (Å²) < 4.78 is 5.30. The number of rotatable bonds is 3. The standard InChI is InChI=1S/C13H13N3O2/c14-10-4-2-1-3-9(10)13-16-11(7-18-13)12(17)15-8-5-6-8/h1-4,7-8H,5-6,14H2,(H,15,17). The molecular weight excluding hydrogens is 230 g/mol. The van der Waals surface area contributed by atoms with Crippen LogP contribution in [0.15, 0.2) is 34.9 Å². The highest BCUT2D eigenvalue weighted by Crippen LogP contribution is 2.25. The summed E-state index contributed by atoms with van der Waals surface area (Å²) >= 11 is 0. The van der Waals surface area contributed by atoms with Crippen molar-refractivity contribution in [2.24, 2.45) is 0 Å². The maximum atomic E-state index is 11.8. The predicted octanol–water partition coefficient (Wildman–Crippen LogP) is 1.82. The fraction of sp³-hybridized carbons (Fsp3) is 0.231. The number of anilines is 1. The Hall–Kier alpha value is -2.30. The topological polar surface area (TPSA) is 81.1 Å². The molecule has 0 saturated heterocycles. The van der Waals surface area contributed by atoms with Crippen LogP contribution in [0.3, 0.4) is 0 Å². The molecule has 3 N–H and O–H groups in total. The Kier molecular flexibility index (Phi) is 2.51. The molecule has 2 aromatic rings. The van der Waals surface area contributed by atoms with Crippen molar-refractivity contribution >= 4 is 11.6 Å². The molecule has 1 aromatic heterocycles. The van der Waals surface area contributed by atoms with Crippen LogP contribution < -0.4 is 11.1 Å². The molecule has 1 aliphatic rings. The van der Waals surface area contributed by atoms with Crippen LogP contribution in [0.1, 0.15) is 23.3 Å². The summed E-state index contributed by atoms with van der Waals surface area (Å²) in [4.78, 5) is 15.9. The first kappa shape index (κ1) is 10.8. The molecule has 0 atom stereocenters. The maximum Gasteiger partial charge on any atom is 0.273 e. The minimum absolute atomic E-state index is 0.193. The van der Waals surface area contributed by atoms with Gasteiger partial charge in [-0.05, 0) is 25.0 Å². The molecule has 1 saturated carbocycles. The van der Waals surface area contributed by atoms with E-state index in [1.54, 1.807) is 6.07 Å². The Morgan fingerprint density at radius 3 is 2.89 bits per heavy atom. The van der Waals surface area contributed by atoms with Gasteiger partial charge in [-0.25, -0.2) is 4.98 Å². The SMILES string of the molecule is Nc1ccccc1-c1nc(C(=O)NC2CC2)co1. The zero-order valence-electron chi connectivity index (χ0n) is 9.72. The van der Waals surface area contributed by atoms with Crippen molar-refractivity contribution in [2.75, 3.05) is 5.73 Å². The third-order valence-electron chi connectivity index (χ3n) is 2.84. The number of hydrogen-bond donors (Lipinski definition) is 2. The third kappa shape index (κ3) is 2.07. The van der Waals surface area contributed by atoms with Crippen LogP contribution in [0.5, 0.6) is 0 Å². The van der Waals surface area contributed by atoms with Crippen LogP contribution in [0.4, 0.5) is 5.69 Å². The highest BCUT2D eigenvalue weighted by molar-refractivity contribution is 5.93. The number of nitrogens with one attached hydrogen (secondary N) is 1. The van der Waals surface area contributed by atoms with Gasteiger partial charge in [0, 0.05) is 11.7 Å². The number of benzene rings is 1. The van der Waals surface area contributed by atoms with Crippen LogP contribution >= 0.6 is 0 Å². The number of carbonyl (C=O) groups excluding carboxylic acids is 1. The van der Waals surface area contributed by atoms with E-state index >= 15 is 0 Å². The van der Waals surface area contributed by atoms with Gasteiger partial charge in [-0.3, -0.25) is 4.79 Å². The van der Waals surface area contributed by atoms with Gasteiger partial charge in [0.05, 0.1) is 5.56 Å². The maximum absolute atomic E-state index is 11.8. The van der Waals surface area contributed by atoms with Crippen molar-refractivity contribution in [1.29, 1.82) is 0 Å². The van der Waals surface area contributed by atoms with Crippen LogP contribution in [0, 0.1) is 0 Å². The Balaban J connectivity index is 1.84. The Labute approximate surface area is 104 Å². The highest BCUT2D eigenvalue weighted by Gasteiger charge is 2.25. The number of carbonyl (C=O) groups is 1. The lowest BCUT2D eigenvalue weighted by molar-refractivity contribution is 0.0946. The minimum atomic E-state index is -0.193. The van der Waals surface area contributed by atoms with Crippen molar-refractivity contribution in [3.8, 4) is 11.5 Å². The first-order valence-electron chi connectivity index (χ1n) is 5.85. The summed E-state index contributed by atoms with van der Waals surface area (Å²) in [5, 5.41) is 2.86. The quantitative estimate of drug-likeness (QED) is 0.805. The largest absolute Gasteiger partial charge is 0.444 e. The van der Waals surface area contributed by atoms with Gasteiger partial charge in [-0.2, -0.15) is 0 Å². The van der Waals surface area contributed by atoms with E-state index in [9.17, 15) is 4.79 Å². The van der Waals surface area contributed by atoms with Crippen LogP contribution in [-0.4, -0.2) is 16.9 Å². The number of para-hydroxylation sites is 1. The lowest BCUT2D eigenvalue weighted by Crippen LogP contribution is -2.25. The normalized spacial score (nSPS) is 14.4. The smallest absolute Gasteiger partial charge is 0.273 e. The van der Waals surface area contributed by atoms with Crippen molar-refractivity contribution in [2.45, 2.75) is 18.9 Å². The number of oxazole rings is 1. The molecule has 18 heavy (non-hydrogen) atoms. The van der Waals surface area contributed by atoms with E-state index in [-0.39, 0.29) is 5.91 Å². The van der Waals surface area contributed by atoms with Gasteiger partial charge in [0.25, 0.3) is 5.91 Å². The van der Waals surface area contributed by atoms with Gasteiger partial charge in [0.15, 0.2) is 5.69 Å². The van der Waals surface area contributed by atoms with Crippen molar-refractivity contribution in [1.82, 2.24) is 10.3 Å². The lowest BCUT2D eigenvalue weighted by Gasteiger charge is -1.99. The molecular formula is C13H13N3O2. The number of nitrogen functional groups attached to an aromatic ring is 1. The molecule has 5 heteroatoms. The minimum Gasteiger partial charge on any atom is -0.444 e. The number of aromatic nitrogens is 1. The van der Waals surface area contributed by atoms with Crippen molar-refractivity contribution in [3.63, 3.8) is 0 Å². The second-order valence-electron chi connectivity index (χ2n) is 4.37. The molecule has 1 fully saturated rings. The highest BCUT2D eigenvalue weighted by atomic mass is 16.3. The molecule has 3 rings (SSSR count). The van der Waals surface area contributed by atoms with E-state index in [0.29, 0.717) is 28.9 Å². The van der Waals surface area contributed by atoms with E-state index < -0.39 is 0 Å². The zero-order valence-corrected chi connectivity index (χ0v) is 9.72. The van der Waals surface area contributed by atoms with E-state index in [1.165, 1.54) is 6.26 Å². The van der Waals surface area contributed by atoms with E-state index in [4.69, 9.17) is 10.2 Å². The number of amides is 1. The molecule has 0 spiro atoms. The van der Waals surface area contributed by atoms with E-state index in [0.717, 1.165) is 12.8 Å². The van der Waals surface area contributed by atoms with Crippen LogP contribution in [0.2, 0.25) is 0 Å². The first-order valence-corrected chi connectivity index (χ1v) is 5.85. The summed E-state index contributed by atoms with van der Waals surface area (Å²) in [6, 6.07) is 7.56. The average Bonchev–Trinajstić information content (AvgIpc) is 3.04.